The number of benzene rings is 1. The Morgan fingerprint density at radius 3 is 2.82 bits per heavy atom. The van der Waals surface area contributed by atoms with Gasteiger partial charge in [0.2, 0.25) is 0 Å². The first-order valence-corrected chi connectivity index (χ1v) is 6.58. The minimum absolute atomic E-state index is 0.834. The van der Waals surface area contributed by atoms with Crippen molar-refractivity contribution in [1.29, 1.82) is 0 Å². The molecule has 3 nitrogen and oxygen atoms in total. The van der Waals surface area contributed by atoms with Crippen LogP contribution in [0.4, 0.5) is 0 Å². The zero-order valence-electron chi connectivity index (χ0n) is 8.61. The fourth-order valence-electron chi connectivity index (χ4n) is 1.66. The van der Waals surface area contributed by atoms with Crippen molar-refractivity contribution in [3.8, 4) is 11.4 Å². The van der Waals surface area contributed by atoms with E-state index in [1.165, 1.54) is 0 Å². The van der Waals surface area contributed by atoms with Gasteiger partial charge in [-0.05, 0) is 24.3 Å². The Morgan fingerprint density at radius 1 is 1.12 bits per heavy atom. The van der Waals surface area contributed by atoms with Gasteiger partial charge in [-0.2, -0.15) is 0 Å². The van der Waals surface area contributed by atoms with Crippen LogP contribution in [0.5, 0.6) is 0 Å². The molecule has 1 aromatic carbocycles. The van der Waals surface area contributed by atoms with Gasteiger partial charge in [-0.25, -0.2) is 4.98 Å². The molecule has 0 saturated heterocycles. The lowest BCUT2D eigenvalue weighted by atomic mass is 10.2. The predicted molar refractivity (Wildman–Crippen MR) is 74.7 cm³/mol. The highest BCUT2D eigenvalue weighted by molar-refractivity contribution is 9.11. The highest BCUT2D eigenvalue weighted by Crippen LogP contribution is 2.30. The molecular weight excluding hydrogens is 346 g/mol. The maximum atomic E-state index is 4.54. The van der Waals surface area contributed by atoms with Gasteiger partial charge in [-0.15, -0.1) is 0 Å². The quantitative estimate of drug-likeness (QED) is 0.714. The molecule has 3 aromatic rings. The van der Waals surface area contributed by atoms with E-state index in [2.05, 4.69) is 46.8 Å². The van der Waals surface area contributed by atoms with Gasteiger partial charge in [0.05, 0.1) is 17.2 Å². The Balaban J connectivity index is 2.23. The molecule has 0 fully saturated rings. The van der Waals surface area contributed by atoms with E-state index in [0.717, 1.165) is 31.4 Å². The number of imidazole rings is 1. The minimum Gasteiger partial charge on any atom is -0.337 e. The van der Waals surface area contributed by atoms with Gasteiger partial charge >= 0.3 is 0 Å². The van der Waals surface area contributed by atoms with Crippen molar-refractivity contribution in [3.05, 3.63) is 45.6 Å². The number of halogens is 2. The van der Waals surface area contributed by atoms with Gasteiger partial charge in [0.25, 0.3) is 0 Å². The van der Waals surface area contributed by atoms with Gasteiger partial charge in [0.15, 0.2) is 0 Å². The fourth-order valence-corrected chi connectivity index (χ4v) is 2.46. The first kappa shape index (κ1) is 10.9. The van der Waals surface area contributed by atoms with Crippen LogP contribution in [0.2, 0.25) is 0 Å². The summed E-state index contributed by atoms with van der Waals surface area (Å²) in [5.41, 5.74) is 2.88. The second-order valence-electron chi connectivity index (χ2n) is 3.60. The Labute approximate surface area is 115 Å². The van der Waals surface area contributed by atoms with Crippen molar-refractivity contribution >= 4 is 42.9 Å². The molecule has 0 spiro atoms. The number of rotatable bonds is 1. The lowest BCUT2D eigenvalue weighted by Crippen LogP contribution is -1.82. The SMILES string of the molecule is Brc1ccc(Br)c(-c2nc3ccncc3[nH]2)c1. The number of fused-ring (bicyclic) bond motifs is 1. The van der Waals surface area contributed by atoms with Crippen LogP contribution in [-0.2, 0) is 0 Å². The molecule has 5 heteroatoms. The van der Waals surface area contributed by atoms with E-state index in [-0.39, 0.29) is 0 Å². The molecule has 2 heterocycles. The molecular formula is C12H7Br2N3. The van der Waals surface area contributed by atoms with E-state index in [1.807, 2.05) is 24.3 Å². The van der Waals surface area contributed by atoms with E-state index >= 15 is 0 Å². The van der Waals surface area contributed by atoms with Crippen molar-refractivity contribution < 1.29 is 0 Å². The second kappa shape index (κ2) is 4.23. The van der Waals surface area contributed by atoms with Crippen molar-refractivity contribution in [2.45, 2.75) is 0 Å². The number of H-pyrrole nitrogens is 1. The number of pyridine rings is 1. The number of hydrogen-bond acceptors (Lipinski definition) is 2. The third-order valence-electron chi connectivity index (χ3n) is 2.47. The molecule has 1 N–H and O–H groups in total. The molecule has 0 aliphatic carbocycles. The van der Waals surface area contributed by atoms with Crippen LogP contribution in [0.1, 0.15) is 0 Å². The Kier molecular flexibility index (Phi) is 2.72. The van der Waals surface area contributed by atoms with Crippen LogP contribution in [-0.4, -0.2) is 15.0 Å². The van der Waals surface area contributed by atoms with Crippen LogP contribution in [0.25, 0.3) is 22.4 Å². The van der Waals surface area contributed by atoms with Crippen molar-refractivity contribution in [3.63, 3.8) is 0 Å². The molecule has 3 rings (SSSR count). The van der Waals surface area contributed by atoms with Crippen molar-refractivity contribution in [2.75, 3.05) is 0 Å². The van der Waals surface area contributed by atoms with Crippen molar-refractivity contribution in [1.82, 2.24) is 15.0 Å². The van der Waals surface area contributed by atoms with Gasteiger partial charge in [0, 0.05) is 20.7 Å². The topological polar surface area (TPSA) is 41.6 Å². The zero-order chi connectivity index (χ0) is 11.8. The second-order valence-corrected chi connectivity index (χ2v) is 5.37. The fraction of sp³-hybridized carbons (Fsp3) is 0. The highest BCUT2D eigenvalue weighted by Gasteiger charge is 2.08. The monoisotopic (exact) mass is 351 g/mol. The summed E-state index contributed by atoms with van der Waals surface area (Å²) in [6, 6.07) is 7.89. The summed E-state index contributed by atoms with van der Waals surface area (Å²) in [6.45, 7) is 0. The summed E-state index contributed by atoms with van der Waals surface area (Å²) in [5, 5.41) is 0. The molecule has 0 aliphatic heterocycles. The molecule has 0 saturated carbocycles. The van der Waals surface area contributed by atoms with Gasteiger partial charge < -0.3 is 4.98 Å². The zero-order valence-corrected chi connectivity index (χ0v) is 11.8. The summed E-state index contributed by atoms with van der Waals surface area (Å²) in [4.78, 5) is 11.9. The third kappa shape index (κ3) is 2.00. The molecule has 0 radical (unpaired) electrons. The molecule has 17 heavy (non-hydrogen) atoms. The molecule has 0 bridgehead atoms. The van der Waals surface area contributed by atoms with Crippen LogP contribution in [0.3, 0.4) is 0 Å². The largest absolute Gasteiger partial charge is 0.337 e. The van der Waals surface area contributed by atoms with E-state index < -0.39 is 0 Å². The number of hydrogen-bond donors (Lipinski definition) is 1. The average molecular weight is 353 g/mol. The van der Waals surface area contributed by atoms with Crippen LogP contribution in [0, 0.1) is 0 Å². The first-order chi connectivity index (χ1) is 8.24. The summed E-state index contributed by atoms with van der Waals surface area (Å²) in [6.07, 6.45) is 3.51. The molecule has 2 aromatic heterocycles. The molecule has 0 atom stereocenters. The molecule has 0 unspecified atom stereocenters. The lowest BCUT2D eigenvalue weighted by Gasteiger charge is -2.01. The predicted octanol–water partition coefficient (Wildman–Crippen LogP) is 4.15. The molecule has 0 aliphatic rings. The van der Waals surface area contributed by atoms with Crippen LogP contribution in [0.15, 0.2) is 45.6 Å². The number of aromatic nitrogens is 3. The third-order valence-corrected chi connectivity index (χ3v) is 3.65. The Morgan fingerprint density at radius 2 is 2.00 bits per heavy atom. The first-order valence-electron chi connectivity index (χ1n) is 4.99. The van der Waals surface area contributed by atoms with E-state index in [1.54, 1.807) is 12.4 Å². The van der Waals surface area contributed by atoms with Gasteiger partial charge in [-0.3, -0.25) is 4.98 Å². The lowest BCUT2D eigenvalue weighted by molar-refractivity contribution is 1.32. The minimum atomic E-state index is 0.834. The van der Waals surface area contributed by atoms with E-state index in [0.29, 0.717) is 0 Å². The van der Waals surface area contributed by atoms with Crippen molar-refractivity contribution in [2.24, 2.45) is 0 Å². The number of nitrogens with one attached hydrogen (secondary N) is 1. The average Bonchev–Trinajstić information content (AvgIpc) is 2.75. The van der Waals surface area contributed by atoms with Gasteiger partial charge in [-0.1, -0.05) is 31.9 Å². The smallest absolute Gasteiger partial charge is 0.139 e. The highest BCUT2D eigenvalue weighted by atomic mass is 79.9. The van der Waals surface area contributed by atoms with Gasteiger partial charge in [0.1, 0.15) is 5.82 Å². The molecule has 84 valence electrons. The normalized spacial score (nSPS) is 10.9. The maximum absolute atomic E-state index is 4.54. The summed E-state index contributed by atoms with van der Waals surface area (Å²) >= 11 is 6.99. The standard InChI is InChI=1S/C12H7Br2N3/c13-7-1-2-9(14)8(5-7)12-16-10-3-4-15-6-11(10)17-12/h1-6H,(H,16,17). The maximum Gasteiger partial charge on any atom is 0.139 e. The van der Waals surface area contributed by atoms with Crippen LogP contribution < -0.4 is 0 Å². The van der Waals surface area contributed by atoms with Crippen LogP contribution >= 0.6 is 31.9 Å². The summed E-state index contributed by atoms with van der Waals surface area (Å²) in [7, 11) is 0. The summed E-state index contributed by atoms with van der Waals surface area (Å²) < 4.78 is 2.03. The molecule has 0 amide bonds. The van der Waals surface area contributed by atoms with E-state index in [4.69, 9.17) is 0 Å². The Bertz CT molecular complexity index is 658. The summed E-state index contributed by atoms with van der Waals surface area (Å²) in [5.74, 6) is 0.834. The Hall–Kier alpha value is -1.20. The van der Waals surface area contributed by atoms with E-state index in [9.17, 15) is 0 Å². The number of aromatic amines is 1. The number of nitrogens with zero attached hydrogens (tertiary/aromatic N) is 2.